The van der Waals surface area contributed by atoms with Gasteiger partial charge in [-0.2, -0.15) is 0 Å². The Morgan fingerprint density at radius 2 is 1.61 bits per heavy atom. The van der Waals surface area contributed by atoms with E-state index in [4.69, 9.17) is 0 Å². The van der Waals surface area contributed by atoms with E-state index in [9.17, 15) is 9.46 Å². The molecule has 1 heterocycles. The molecular weight excluding hydrogens is 247 g/mol. The second-order valence-corrected chi connectivity index (χ2v) is 6.28. The molecule has 5 heteroatoms. The van der Waals surface area contributed by atoms with Crippen LogP contribution in [-0.4, -0.2) is 19.0 Å². The van der Waals surface area contributed by atoms with Crippen molar-refractivity contribution in [3.8, 4) is 0 Å². The van der Waals surface area contributed by atoms with Gasteiger partial charge < -0.3 is 4.90 Å². The lowest BCUT2D eigenvalue weighted by Gasteiger charge is -2.11. The Morgan fingerprint density at radius 1 is 1.06 bits per heavy atom. The van der Waals surface area contributed by atoms with Gasteiger partial charge in [-0.15, -0.1) is 4.34 Å². The van der Waals surface area contributed by atoms with Gasteiger partial charge in [-0.1, -0.05) is 18.2 Å². The molecule has 0 aliphatic carbocycles. The first-order valence-electron chi connectivity index (χ1n) is 5.60. The summed E-state index contributed by atoms with van der Waals surface area (Å²) in [5, 5.41) is 0.424. The Kier molecular flexibility index (Phi) is 3.50. The van der Waals surface area contributed by atoms with Crippen molar-refractivity contribution < 1.29 is 13.8 Å². The molecular formula is C13H16N2O2P+. The van der Waals surface area contributed by atoms with E-state index in [1.807, 2.05) is 37.2 Å². The van der Waals surface area contributed by atoms with Gasteiger partial charge in [0.1, 0.15) is 5.30 Å². The van der Waals surface area contributed by atoms with Gasteiger partial charge in [0.25, 0.3) is 0 Å². The average molecular weight is 263 g/mol. The molecule has 0 aliphatic heterocycles. The van der Waals surface area contributed by atoms with Crippen molar-refractivity contribution in [1.82, 2.24) is 0 Å². The fourth-order valence-electron chi connectivity index (χ4n) is 1.65. The lowest BCUT2D eigenvalue weighted by atomic mass is 10.4. The number of benzene rings is 1. The molecule has 2 rings (SSSR count). The van der Waals surface area contributed by atoms with Gasteiger partial charge in [0.05, 0.1) is 0 Å². The molecule has 2 aromatic rings. The first-order chi connectivity index (χ1) is 8.51. The molecule has 94 valence electrons. The number of anilines is 1. The van der Waals surface area contributed by atoms with Gasteiger partial charge in [0.2, 0.25) is 0 Å². The van der Waals surface area contributed by atoms with Crippen molar-refractivity contribution in [2.24, 2.45) is 0 Å². The maximum atomic E-state index is 12.4. The summed E-state index contributed by atoms with van der Waals surface area (Å²) in [6.07, 6.45) is 3.26. The Balaban J connectivity index is 2.39. The minimum Gasteiger partial charge on any atom is -0.377 e. The van der Waals surface area contributed by atoms with Crippen LogP contribution < -0.4 is 14.5 Å². The predicted octanol–water partition coefficient (Wildman–Crippen LogP) is 1.40. The van der Waals surface area contributed by atoms with Crippen LogP contribution in [0.4, 0.5) is 5.69 Å². The third kappa shape index (κ3) is 2.45. The number of hydrogen-bond donors (Lipinski definition) is 1. The van der Waals surface area contributed by atoms with Crippen molar-refractivity contribution in [1.29, 1.82) is 0 Å². The van der Waals surface area contributed by atoms with Crippen LogP contribution >= 0.6 is 7.52 Å². The SMILES string of the molecule is CN(C)c1cc[n+](P(=O)(O)c2ccccc2)cc1. The van der Waals surface area contributed by atoms with Crippen molar-refractivity contribution in [3.05, 3.63) is 54.9 Å². The zero-order valence-corrected chi connectivity index (χ0v) is 11.3. The van der Waals surface area contributed by atoms with Gasteiger partial charge in [0.15, 0.2) is 12.4 Å². The van der Waals surface area contributed by atoms with Crippen molar-refractivity contribution in [2.75, 3.05) is 19.0 Å². The number of rotatable bonds is 3. The van der Waals surface area contributed by atoms with E-state index >= 15 is 0 Å². The van der Waals surface area contributed by atoms with Crippen molar-refractivity contribution in [3.63, 3.8) is 0 Å². The van der Waals surface area contributed by atoms with Gasteiger partial charge >= 0.3 is 7.52 Å². The molecule has 0 spiro atoms. The maximum absolute atomic E-state index is 12.4. The third-order valence-corrected chi connectivity index (χ3v) is 4.58. The summed E-state index contributed by atoms with van der Waals surface area (Å²) in [6.45, 7) is 0. The van der Waals surface area contributed by atoms with Gasteiger partial charge in [0, 0.05) is 31.9 Å². The highest BCUT2D eigenvalue weighted by Crippen LogP contribution is 2.32. The number of pyridine rings is 1. The van der Waals surface area contributed by atoms with E-state index in [-0.39, 0.29) is 0 Å². The predicted molar refractivity (Wildman–Crippen MR) is 72.3 cm³/mol. The summed E-state index contributed by atoms with van der Waals surface area (Å²) in [7, 11) is 0.303. The second kappa shape index (κ2) is 4.92. The van der Waals surface area contributed by atoms with Crippen LogP contribution in [0, 0.1) is 0 Å². The third-order valence-electron chi connectivity index (χ3n) is 2.72. The molecule has 0 fully saturated rings. The average Bonchev–Trinajstić information content (AvgIpc) is 2.40. The van der Waals surface area contributed by atoms with Gasteiger partial charge in [-0.3, -0.25) is 4.89 Å². The topological polar surface area (TPSA) is 44.4 Å². The smallest absolute Gasteiger partial charge is 0.377 e. The minimum atomic E-state index is -3.55. The fourth-order valence-corrected chi connectivity index (χ4v) is 2.97. The molecule has 0 bridgehead atoms. The fraction of sp³-hybridized carbons (Fsp3) is 0.154. The lowest BCUT2D eigenvalue weighted by molar-refractivity contribution is -0.526. The standard InChI is InChI=1S/C13H15N2O2P/c1-14(2)12-8-10-15(11-9-12)18(16,17)13-6-4-3-5-7-13/h3-11H,1-2H3/p+1. The van der Waals surface area contributed by atoms with Crippen LogP contribution in [-0.2, 0) is 4.57 Å². The Hall–Kier alpha value is -1.64. The first kappa shape index (κ1) is 12.8. The molecule has 1 aromatic carbocycles. The summed E-state index contributed by atoms with van der Waals surface area (Å²) in [4.78, 5) is 12.1. The van der Waals surface area contributed by atoms with Crippen LogP contribution in [0.25, 0.3) is 0 Å². The Morgan fingerprint density at radius 3 is 2.11 bits per heavy atom. The lowest BCUT2D eigenvalue weighted by Crippen LogP contribution is -2.35. The minimum absolute atomic E-state index is 0.424. The first-order valence-corrected chi connectivity index (χ1v) is 7.21. The van der Waals surface area contributed by atoms with Crippen LogP contribution in [0.2, 0.25) is 0 Å². The maximum Gasteiger partial charge on any atom is 0.487 e. The largest absolute Gasteiger partial charge is 0.487 e. The summed E-state index contributed by atoms with van der Waals surface area (Å²) in [6, 6.07) is 12.3. The second-order valence-electron chi connectivity index (χ2n) is 4.21. The number of hydrogen-bond acceptors (Lipinski definition) is 2. The van der Waals surface area contributed by atoms with E-state index in [2.05, 4.69) is 0 Å². The molecule has 1 unspecified atom stereocenters. The van der Waals surface area contributed by atoms with E-state index in [0.29, 0.717) is 5.30 Å². The summed E-state index contributed by atoms with van der Waals surface area (Å²) < 4.78 is 13.8. The van der Waals surface area contributed by atoms with Crippen LogP contribution in [0.1, 0.15) is 0 Å². The van der Waals surface area contributed by atoms with Gasteiger partial charge in [-0.05, 0) is 12.1 Å². The highest BCUT2D eigenvalue weighted by molar-refractivity contribution is 7.59. The summed E-state index contributed by atoms with van der Waals surface area (Å²) in [5.74, 6) is 0. The molecule has 4 nitrogen and oxygen atoms in total. The van der Waals surface area contributed by atoms with E-state index in [1.165, 1.54) is 4.34 Å². The Labute approximate surface area is 107 Å². The molecule has 18 heavy (non-hydrogen) atoms. The molecule has 0 radical (unpaired) electrons. The van der Waals surface area contributed by atoms with Crippen molar-refractivity contribution >= 4 is 18.5 Å². The van der Waals surface area contributed by atoms with Crippen LogP contribution in [0.15, 0.2) is 54.9 Å². The van der Waals surface area contributed by atoms with Crippen LogP contribution in [0.5, 0.6) is 0 Å². The molecule has 1 N–H and O–H groups in total. The van der Waals surface area contributed by atoms with Crippen LogP contribution in [0.3, 0.4) is 0 Å². The molecule has 1 aromatic heterocycles. The molecule has 0 aliphatic rings. The summed E-state index contributed by atoms with van der Waals surface area (Å²) in [5.41, 5.74) is 0.985. The Bertz CT molecular complexity index is 567. The van der Waals surface area contributed by atoms with E-state index < -0.39 is 7.52 Å². The normalized spacial score (nSPS) is 13.9. The quantitative estimate of drug-likeness (QED) is 0.851. The monoisotopic (exact) mass is 263 g/mol. The zero-order valence-electron chi connectivity index (χ0n) is 10.4. The molecule has 0 saturated carbocycles. The molecule has 0 amide bonds. The van der Waals surface area contributed by atoms with E-state index in [1.54, 1.807) is 36.7 Å². The number of nitrogens with zero attached hydrogens (tertiary/aromatic N) is 2. The highest BCUT2D eigenvalue weighted by Gasteiger charge is 2.32. The zero-order chi connectivity index (χ0) is 13.2. The molecule has 1 atom stereocenters. The van der Waals surface area contributed by atoms with E-state index in [0.717, 1.165) is 5.69 Å². The van der Waals surface area contributed by atoms with Crippen molar-refractivity contribution in [2.45, 2.75) is 0 Å². The number of aromatic nitrogens is 1. The van der Waals surface area contributed by atoms with Gasteiger partial charge in [-0.25, -0.2) is 4.57 Å². The highest BCUT2D eigenvalue weighted by atomic mass is 31.2. The summed E-state index contributed by atoms with van der Waals surface area (Å²) >= 11 is 0. The molecule has 0 saturated heterocycles.